The monoisotopic (exact) mass is 367 g/mol. The molecular formula is C21H21NO3S. The van der Waals surface area contributed by atoms with Gasteiger partial charge in [-0.15, -0.1) is 0 Å². The van der Waals surface area contributed by atoms with Crippen molar-refractivity contribution in [3.05, 3.63) is 65.7 Å². The minimum Gasteiger partial charge on any atom is -0.454 e. The van der Waals surface area contributed by atoms with E-state index in [0.717, 1.165) is 42.3 Å². The summed E-state index contributed by atoms with van der Waals surface area (Å²) in [6.45, 7) is 1.84. The molecule has 0 aliphatic carbocycles. The SMILES string of the molecule is O=C(/C=C/c1ccc2c(c1)OCO2)N1CCSC(c2ccccc2)CC1. The number of ether oxygens (including phenoxy) is 2. The summed E-state index contributed by atoms with van der Waals surface area (Å²) in [7, 11) is 0. The van der Waals surface area contributed by atoms with Crippen molar-refractivity contribution >= 4 is 23.7 Å². The number of hydrogen-bond donors (Lipinski definition) is 0. The van der Waals surface area contributed by atoms with Crippen LogP contribution in [0.4, 0.5) is 0 Å². The molecule has 4 nitrogen and oxygen atoms in total. The van der Waals surface area contributed by atoms with Crippen LogP contribution in [-0.2, 0) is 4.79 Å². The lowest BCUT2D eigenvalue weighted by atomic mass is 10.1. The Balaban J connectivity index is 1.37. The van der Waals surface area contributed by atoms with Gasteiger partial charge in [-0.05, 0) is 35.8 Å². The van der Waals surface area contributed by atoms with E-state index in [-0.39, 0.29) is 12.7 Å². The third-order valence-electron chi connectivity index (χ3n) is 4.64. The molecular weight excluding hydrogens is 346 g/mol. The van der Waals surface area contributed by atoms with Crippen LogP contribution in [0.2, 0.25) is 0 Å². The van der Waals surface area contributed by atoms with Crippen molar-refractivity contribution in [3.8, 4) is 11.5 Å². The molecule has 2 aromatic carbocycles. The zero-order valence-electron chi connectivity index (χ0n) is 14.5. The predicted molar refractivity (Wildman–Crippen MR) is 104 cm³/mol. The van der Waals surface area contributed by atoms with Crippen LogP contribution in [0, 0.1) is 0 Å². The second kappa shape index (κ2) is 7.87. The summed E-state index contributed by atoms with van der Waals surface area (Å²) in [5.41, 5.74) is 2.29. The number of benzene rings is 2. The second-order valence-electron chi connectivity index (χ2n) is 6.33. The molecule has 2 aromatic rings. The Bertz CT molecular complexity index is 806. The Labute approximate surface area is 157 Å². The van der Waals surface area contributed by atoms with Gasteiger partial charge in [0.2, 0.25) is 12.7 Å². The van der Waals surface area contributed by atoms with Gasteiger partial charge in [0.1, 0.15) is 0 Å². The third kappa shape index (κ3) is 3.88. The summed E-state index contributed by atoms with van der Waals surface area (Å²) in [5, 5.41) is 0.465. The Hall–Kier alpha value is -2.40. The number of carbonyl (C=O) groups is 1. The average Bonchev–Trinajstić information content (AvgIpc) is 3.01. The van der Waals surface area contributed by atoms with Crippen molar-refractivity contribution in [1.29, 1.82) is 0 Å². The lowest BCUT2D eigenvalue weighted by Crippen LogP contribution is -2.31. The molecule has 0 N–H and O–H groups in total. The van der Waals surface area contributed by atoms with Crippen molar-refractivity contribution in [2.24, 2.45) is 0 Å². The van der Waals surface area contributed by atoms with Crippen molar-refractivity contribution < 1.29 is 14.3 Å². The van der Waals surface area contributed by atoms with Crippen LogP contribution in [0.15, 0.2) is 54.6 Å². The molecule has 1 unspecified atom stereocenters. The molecule has 2 heterocycles. The quantitative estimate of drug-likeness (QED) is 0.765. The number of nitrogens with zero attached hydrogens (tertiary/aromatic N) is 1. The van der Waals surface area contributed by atoms with E-state index in [1.54, 1.807) is 6.08 Å². The van der Waals surface area contributed by atoms with Crippen molar-refractivity contribution in [3.63, 3.8) is 0 Å². The third-order valence-corrected chi connectivity index (χ3v) is 5.97. The molecule has 2 aliphatic heterocycles. The maximum Gasteiger partial charge on any atom is 0.246 e. The van der Waals surface area contributed by atoms with Gasteiger partial charge in [0.25, 0.3) is 0 Å². The Kier molecular flexibility index (Phi) is 5.16. The minimum absolute atomic E-state index is 0.0666. The van der Waals surface area contributed by atoms with Gasteiger partial charge in [-0.3, -0.25) is 4.79 Å². The maximum absolute atomic E-state index is 12.6. The molecule has 1 saturated heterocycles. The highest BCUT2D eigenvalue weighted by atomic mass is 32.2. The van der Waals surface area contributed by atoms with E-state index in [0.29, 0.717) is 5.25 Å². The van der Waals surface area contributed by atoms with Gasteiger partial charge < -0.3 is 14.4 Å². The van der Waals surface area contributed by atoms with Gasteiger partial charge in [-0.1, -0.05) is 36.4 Å². The molecule has 5 heteroatoms. The van der Waals surface area contributed by atoms with E-state index in [9.17, 15) is 4.79 Å². The van der Waals surface area contributed by atoms with Crippen LogP contribution in [0.1, 0.15) is 22.8 Å². The highest BCUT2D eigenvalue weighted by molar-refractivity contribution is 7.99. The van der Waals surface area contributed by atoms with E-state index in [4.69, 9.17) is 9.47 Å². The summed E-state index contributed by atoms with van der Waals surface area (Å²) in [6, 6.07) is 16.3. The van der Waals surface area contributed by atoms with Crippen LogP contribution in [-0.4, -0.2) is 36.4 Å². The lowest BCUT2D eigenvalue weighted by molar-refractivity contribution is -0.125. The smallest absolute Gasteiger partial charge is 0.246 e. The number of amides is 1. The first-order valence-electron chi connectivity index (χ1n) is 8.83. The molecule has 1 fully saturated rings. The Morgan fingerprint density at radius 2 is 1.92 bits per heavy atom. The first kappa shape index (κ1) is 17.0. The number of hydrogen-bond acceptors (Lipinski definition) is 4. The average molecular weight is 367 g/mol. The molecule has 1 amide bonds. The van der Waals surface area contributed by atoms with Crippen molar-refractivity contribution in [2.45, 2.75) is 11.7 Å². The summed E-state index contributed by atoms with van der Waals surface area (Å²) in [6.07, 6.45) is 4.49. The largest absolute Gasteiger partial charge is 0.454 e. The van der Waals surface area contributed by atoms with Crippen molar-refractivity contribution in [2.75, 3.05) is 25.6 Å². The molecule has 4 rings (SSSR count). The first-order valence-corrected chi connectivity index (χ1v) is 9.88. The van der Waals surface area contributed by atoms with Gasteiger partial charge in [-0.25, -0.2) is 0 Å². The normalized spacial score (nSPS) is 19.5. The molecule has 1 atom stereocenters. The van der Waals surface area contributed by atoms with E-state index in [2.05, 4.69) is 24.3 Å². The van der Waals surface area contributed by atoms with Crippen LogP contribution in [0.5, 0.6) is 11.5 Å². The zero-order chi connectivity index (χ0) is 17.8. The van der Waals surface area contributed by atoms with E-state index in [1.165, 1.54) is 5.56 Å². The van der Waals surface area contributed by atoms with E-state index < -0.39 is 0 Å². The summed E-state index contributed by atoms with van der Waals surface area (Å²) in [4.78, 5) is 14.5. The lowest BCUT2D eigenvalue weighted by Gasteiger charge is -2.18. The van der Waals surface area contributed by atoms with Crippen molar-refractivity contribution in [1.82, 2.24) is 4.90 Å². The van der Waals surface area contributed by atoms with Crippen LogP contribution < -0.4 is 9.47 Å². The number of carbonyl (C=O) groups excluding carboxylic acids is 1. The molecule has 26 heavy (non-hydrogen) atoms. The van der Waals surface area contributed by atoms with Gasteiger partial charge in [-0.2, -0.15) is 11.8 Å². The molecule has 0 spiro atoms. The number of thioether (sulfide) groups is 1. The standard InChI is InChI=1S/C21H21NO3S/c23-21(9-7-16-6-8-18-19(14-16)25-15-24-18)22-11-10-20(26-13-12-22)17-4-2-1-3-5-17/h1-9,14,20H,10-13,15H2/b9-7+. The summed E-state index contributed by atoms with van der Waals surface area (Å²) >= 11 is 1.94. The molecule has 2 aliphatic rings. The Morgan fingerprint density at radius 1 is 1.08 bits per heavy atom. The molecule has 0 saturated carbocycles. The van der Waals surface area contributed by atoms with Crippen LogP contribution in [0.3, 0.4) is 0 Å². The second-order valence-corrected chi connectivity index (χ2v) is 7.64. The van der Waals surface area contributed by atoms with Gasteiger partial charge in [0.05, 0.1) is 0 Å². The zero-order valence-corrected chi connectivity index (χ0v) is 15.3. The number of rotatable bonds is 3. The minimum atomic E-state index is 0.0666. The van der Waals surface area contributed by atoms with Crippen LogP contribution >= 0.6 is 11.8 Å². The van der Waals surface area contributed by atoms with Gasteiger partial charge in [0.15, 0.2) is 11.5 Å². The highest BCUT2D eigenvalue weighted by Gasteiger charge is 2.21. The Morgan fingerprint density at radius 3 is 2.81 bits per heavy atom. The molecule has 0 radical (unpaired) electrons. The number of fused-ring (bicyclic) bond motifs is 1. The van der Waals surface area contributed by atoms with E-state index >= 15 is 0 Å². The fraction of sp³-hybridized carbons (Fsp3) is 0.286. The molecule has 134 valence electrons. The van der Waals surface area contributed by atoms with E-state index in [1.807, 2.05) is 47.0 Å². The van der Waals surface area contributed by atoms with Gasteiger partial charge in [0, 0.05) is 30.2 Å². The fourth-order valence-electron chi connectivity index (χ4n) is 3.21. The maximum atomic E-state index is 12.6. The highest BCUT2D eigenvalue weighted by Crippen LogP contribution is 2.34. The summed E-state index contributed by atoms with van der Waals surface area (Å²) in [5.74, 6) is 2.52. The summed E-state index contributed by atoms with van der Waals surface area (Å²) < 4.78 is 10.7. The predicted octanol–water partition coefficient (Wildman–Crippen LogP) is 4.14. The fourth-order valence-corrected chi connectivity index (χ4v) is 4.45. The molecule has 0 bridgehead atoms. The first-order chi connectivity index (χ1) is 12.8. The topological polar surface area (TPSA) is 38.8 Å². The van der Waals surface area contributed by atoms with Crippen LogP contribution in [0.25, 0.3) is 6.08 Å². The van der Waals surface area contributed by atoms with Gasteiger partial charge >= 0.3 is 0 Å². The molecule has 0 aromatic heterocycles.